The minimum Gasteiger partial charge on any atom is -0.378 e. The molecule has 2 amide bonds. The highest BCUT2D eigenvalue weighted by molar-refractivity contribution is 5.93. The molecule has 1 aromatic rings. The van der Waals surface area contributed by atoms with Crippen LogP contribution in [0.15, 0.2) is 18.3 Å². The lowest BCUT2D eigenvalue weighted by Gasteiger charge is -2.36. The molecule has 6 heteroatoms. The third-order valence-corrected chi connectivity index (χ3v) is 4.78. The Hall–Kier alpha value is -2.11. The maximum atomic E-state index is 12.6. The summed E-state index contributed by atoms with van der Waals surface area (Å²) in [6.45, 7) is 2.27. The van der Waals surface area contributed by atoms with Crippen LogP contribution in [0.5, 0.6) is 0 Å². The van der Waals surface area contributed by atoms with E-state index in [4.69, 9.17) is 0 Å². The molecule has 2 fully saturated rings. The second kappa shape index (κ2) is 6.56. The van der Waals surface area contributed by atoms with Crippen LogP contribution in [0.4, 0.5) is 5.69 Å². The van der Waals surface area contributed by atoms with Crippen LogP contribution in [-0.2, 0) is 4.79 Å². The van der Waals surface area contributed by atoms with Gasteiger partial charge in [-0.05, 0) is 31.4 Å². The van der Waals surface area contributed by atoms with Crippen LogP contribution in [-0.4, -0.2) is 66.4 Å². The molecule has 3 rings (SSSR count). The smallest absolute Gasteiger partial charge is 0.272 e. The molecule has 0 aliphatic carbocycles. The molecule has 0 atom stereocenters. The van der Waals surface area contributed by atoms with Crippen LogP contribution >= 0.6 is 0 Å². The fraction of sp³-hybridized carbons (Fsp3) is 0.588. The van der Waals surface area contributed by atoms with Crippen molar-refractivity contribution in [3.63, 3.8) is 0 Å². The minimum absolute atomic E-state index is 0.0140. The molecule has 0 saturated carbocycles. The molecule has 124 valence electrons. The van der Waals surface area contributed by atoms with Crippen LogP contribution in [0, 0.1) is 0 Å². The van der Waals surface area contributed by atoms with E-state index in [0.29, 0.717) is 31.2 Å². The van der Waals surface area contributed by atoms with Crippen LogP contribution in [0.2, 0.25) is 0 Å². The first-order valence-corrected chi connectivity index (χ1v) is 8.28. The van der Waals surface area contributed by atoms with Gasteiger partial charge >= 0.3 is 0 Å². The number of rotatable bonds is 3. The maximum Gasteiger partial charge on any atom is 0.272 e. The lowest BCUT2D eigenvalue weighted by atomic mass is 10.0. The predicted molar refractivity (Wildman–Crippen MR) is 88.4 cm³/mol. The number of carbonyl (C=O) groups is 2. The molecule has 0 bridgehead atoms. The Bertz CT molecular complexity index is 594. The first kappa shape index (κ1) is 15.8. The maximum absolute atomic E-state index is 12.6. The summed E-state index contributed by atoms with van der Waals surface area (Å²) < 4.78 is 0. The van der Waals surface area contributed by atoms with Gasteiger partial charge in [-0.25, -0.2) is 0 Å². The molecule has 0 spiro atoms. The van der Waals surface area contributed by atoms with Crippen molar-refractivity contribution in [1.29, 1.82) is 0 Å². The standard InChI is InChI=1S/C17H24N4O2/c1-19(2)14-5-8-18-15(12-14)17(23)20-10-6-13(7-11-20)21-9-3-4-16(21)22/h5,8,12-13H,3-4,6-7,9-11H2,1-2H3. The number of pyridine rings is 1. The van der Waals surface area contributed by atoms with E-state index in [1.807, 2.05) is 40.9 Å². The highest BCUT2D eigenvalue weighted by atomic mass is 16.2. The van der Waals surface area contributed by atoms with Crippen molar-refractivity contribution in [2.75, 3.05) is 38.6 Å². The molecule has 3 heterocycles. The molecule has 0 aromatic carbocycles. The van der Waals surface area contributed by atoms with Crippen LogP contribution in [0.25, 0.3) is 0 Å². The molecular weight excluding hydrogens is 292 g/mol. The van der Waals surface area contributed by atoms with E-state index < -0.39 is 0 Å². The molecule has 6 nitrogen and oxygen atoms in total. The van der Waals surface area contributed by atoms with Gasteiger partial charge < -0.3 is 14.7 Å². The second-order valence-electron chi connectivity index (χ2n) is 6.51. The zero-order valence-electron chi connectivity index (χ0n) is 13.9. The summed E-state index contributed by atoms with van der Waals surface area (Å²) in [7, 11) is 3.89. The van der Waals surface area contributed by atoms with Crippen molar-refractivity contribution < 1.29 is 9.59 Å². The number of aromatic nitrogens is 1. The van der Waals surface area contributed by atoms with Gasteiger partial charge in [-0.2, -0.15) is 0 Å². The molecule has 1 aromatic heterocycles. The largest absolute Gasteiger partial charge is 0.378 e. The normalized spacial score (nSPS) is 19.3. The zero-order chi connectivity index (χ0) is 16.4. The summed E-state index contributed by atoms with van der Waals surface area (Å²) in [5, 5.41) is 0. The van der Waals surface area contributed by atoms with Crippen molar-refractivity contribution in [3.05, 3.63) is 24.0 Å². The molecule has 23 heavy (non-hydrogen) atoms. The summed E-state index contributed by atoms with van der Waals surface area (Å²) in [6, 6.07) is 4.02. The highest BCUT2D eigenvalue weighted by Crippen LogP contribution is 2.23. The van der Waals surface area contributed by atoms with E-state index in [0.717, 1.165) is 31.5 Å². The van der Waals surface area contributed by atoms with Gasteiger partial charge in [-0.1, -0.05) is 0 Å². The average Bonchev–Trinajstić information content (AvgIpc) is 3.00. The number of piperidine rings is 1. The number of carbonyl (C=O) groups excluding carboxylic acids is 2. The predicted octanol–water partition coefficient (Wildman–Crippen LogP) is 1.37. The summed E-state index contributed by atoms with van der Waals surface area (Å²) in [5.74, 6) is 0.259. The van der Waals surface area contributed by atoms with Crippen LogP contribution < -0.4 is 4.90 Å². The Labute approximate surface area is 137 Å². The molecule has 0 unspecified atom stereocenters. The molecule has 2 saturated heterocycles. The van der Waals surface area contributed by atoms with Crippen molar-refractivity contribution >= 4 is 17.5 Å². The van der Waals surface area contributed by atoms with Gasteiger partial charge in [0, 0.05) is 58.1 Å². The van der Waals surface area contributed by atoms with Crippen molar-refractivity contribution in [2.45, 2.75) is 31.7 Å². The first-order chi connectivity index (χ1) is 11.1. The molecule has 2 aliphatic rings. The van der Waals surface area contributed by atoms with E-state index in [2.05, 4.69) is 4.98 Å². The number of nitrogens with zero attached hydrogens (tertiary/aromatic N) is 4. The Morgan fingerprint density at radius 2 is 2.00 bits per heavy atom. The highest BCUT2D eigenvalue weighted by Gasteiger charge is 2.32. The average molecular weight is 316 g/mol. The fourth-order valence-electron chi connectivity index (χ4n) is 3.41. The van der Waals surface area contributed by atoms with E-state index in [1.54, 1.807) is 6.20 Å². The van der Waals surface area contributed by atoms with Gasteiger partial charge in [0.2, 0.25) is 5.91 Å². The van der Waals surface area contributed by atoms with Gasteiger partial charge in [0.15, 0.2) is 0 Å². The topological polar surface area (TPSA) is 56.8 Å². The lowest BCUT2D eigenvalue weighted by Crippen LogP contribution is -2.47. The number of anilines is 1. The monoisotopic (exact) mass is 316 g/mol. The van der Waals surface area contributed by atoms with Crippen LogP contribution in [0.3, 0.4) is 0 Å². The quantitative estimate of drug-likeness (QED) is 0.845. The van der Waals surface area contributed by atoms with Gasteiger partial charge in [-0.15, -0.1) is 0 Å². The number of hydrogen-bond acceptors (Lipinski definition) is 4. The third-order valence-electron chi connectivity index (χ3n) is 4.78. The van der Waals surface area contributed by atoms with Gasteiger partial charge in [0.25, 0.3) is 5.91 Å². The molecule has 0 N–H and O–H groups in total. The van der Waals surface area contributed by atoms with Crippen molar-refractivity contribution in [1.82, 2.24) is 14.8 Å². The fourth-order valence-corrected chi connectivity index (χ4v) is 3.41. The van der Waals surface area contributed by atoms with Crippen molar-refractivity contribution in [2.24, 2.45) is 0 Å². The summed E-state index contributed by atoms with van der Waals surface area (Å²) >= 11 is 0. The first-order valence-electron chi connectivity index (χ1n) is 8.28. The Kier molecular flexibility index (Phi) is 4.50. The minimum atomic E-state index is -0.0140. The third kappa shape index (κ3) is 3.30. The van der Waals surface area contributed by atoms with E-state index in [-0.39, 0.29) is 11.8 Å². The second-order valence-corrected chi connectivity index (χ2v) is 6.51. The van der Waals surface area contributed by atoms with Crippen LogP contribution in [0.1, 0.15) is 36.2 Å². The molecular formula is C17H24N4O2. The van der Waals surface area contributed by atoms with E-state index >= 15 is 0 Å². The SMILES string of the molecule is CN(C)c1ccnc(C(=O)N2CCC(N3CCCC3=O)CC2)c1. The summed E-state index contributed by atoms with van der Waals surface area (Å²) in [4.78, 5) is 34.5. The van der Waals surface area contributed by atoms with E-state index in [9.17, 15) is 9.59 Å². The number of likely N-dealkylation sites (tertiary alicyclic amines) is 2. The Balaban J connectivity index is 1.62. The number of hydrogen-bond donors (Lipinski definition) is 0. The lowest BCUT2D eigenvalue weighted by molar-refractivity contribution is -0.130. The van der Waals surface area contributed by atoms with Gasteiger partial charge in [0.05, 0.1) is 0 Å². The Morgan fingerprint density at radius 1 is 1.26 bits per heavy atom. The van der Waals surface area contributed by atoms with E-state index in [1.165, 1.54) is 0 Å². The molecule has 0 radical (unpaired) electrons. The van der Waals surface area contributed by atoms with Gasteiger partial charge in [0.1, 0.15) is 5.69 Å². The van der Waals surface area contributed by atoms with Gasteiger partial charge in [-0.3, -0.25) is 14.6 Å². The Morgan fingerprint density at radius 3 is 2.61 bits per heavy atom. The van der Waals surface area contributed by atoms with Crippen molar-refractivity contribution in [3.8, 4) is 0 Å². The zero-order valence-corrected chi connectivity index (χ0v) is 13.9. The summed E-state index contributed by atoms with van der Waals surface area (Å²) in [6.07, 6.45) is 5.06. The number of amides is 2. The molecule has 2 aliphatic heterocycles. The summed E-state index contributed by atoms with van der Waals surface area (Å²) in [5.41, 5.74) is 1.47.